The molecule has 0 aliphatic carbocycles. The van der Waals surface area contributed by atoms with Gasteiger partial charge in [0.05, 0.1) is 35.3 Å². The van der Waals surface area contributed by atoms with Gasteiger partial charge in [-0.3, -0.25) is 4.72 Å². The van der Waals surface area contributed by atoms with Gasteiger partial charge in [-0.15, -0.1) is 0 Å². The summed E-state index contributed by atoms with van der Waals surface area (Å²) >= 11 is 0. The van der Waals surface area contributed by atoms with Crippen molar-refractivity contribution in [1.82, 2.24) is 4.31 Å². The minimum Gasteiger partial charge on any atom is -0.492 e. The van der Waals surface area contributed by atoms with Crippen LogP contribution in [-0.4, -0.2) is 54.1 Å². The number of nitrogens with zero attached hydrogens (tertiary/aromatic N) is 1. The zero-order valence-electron chi connectivity index (χ0n) is 17.2. The number of sulfonamides is 2. The monoisotopic (exact) mass is 454 g/mol. The fourth-order valence-corrected chi connectivity index (χ4v) is 5.63. The molecule has 1 fully saturated rings. The third kappa shape index (κ3) is 4.77. The van der Waals surface area contributed by atoms with Crippen LogP contribution in [0.3, 0.4) is 0 Å². The summed E-state index contributed by atoms with van der Waals surface area (Å²) in [5.41, 5.74) is 1.89. The molecular formula is C20H26N2O6S2. The normalized spacial score (nSPS) is 15.7. The highest BCUT2D eigenvalue weighted by Gasteiger charge is 2.28. The number of hydrogen-bond donors (Lipinski definition) is 1. The third-order valence-electron chi connectivity index (χ3n) is 4.89. The molecule has 0 amide bonds. The van der Waals surface area contributed by atoms with Gasteiger partial charge in [0.2, 0.25) is 10.0 Å². The van der Waals surface area contributed by atoms with E-state index in [2.05, 4.69) is 4.72 Å². The average molecular weight is 455 g/mol. The van der Waals surface area contributed by atoms with Crippen LogP contribution in [0, 0.1) is 13.8 Å². The molecule has 10 heteroatoms. The highest BCUT2D eigenvalue weighted by molar-refractivity contribution is 7.92. The molecule has 164 valence electrons. The molecule has 0 aromatic heterocycles. The van der Waals surface area contributed by atoms with Crippen molar-refractivity contribution in [3.63, 3.8) is 0 Å². The fraction of sp³-hybridized carbons (Fsp3) is 0.400. The maximum Gasteiger partial charge on any atom is 0.262 e. The summed E-state index contributed by atoms with van der Waals surface area (Å²) in [5.74, 6) is 0.255. The van der Waals surface area contributed by atoms with Crippen molar-refractivity contribution in [2.24, 2.45) is 0 Å². The average Bonchev–Trinajstić information content (AvgIpc) is 2.71. The van der Waals surface area contributed by atoms with E-state index in [0.717, 1.165) is 11.1 Å². The lowest BCUT2D eigenvalue weighted by Gasteiger charge is -2.26. The fourth-order valence-electron chi connectivity index (χ4n) is 3.05. The van der Waals surface area contributed by atoms with Gasteiger partial charge >= 0.3 is 0 Å². The van der Waals surface area contributed by atoms with E-state index in [4.69, 9.17) is 9.47 Å². The van der Waals surface area contributed by atoms with Crippen LogP contribution >= 0.6 is 0 Å². The molecule has 0 radical (unpaired) electrons. The molecule has 1 heterocycles. The van der Waals surface area contributed by atoms with Crippen LogP contribution < -0.4 is 9.46 Å². The molecule has 1 aliphatic heterocycles. The molecule has 8 nitrogen and oxygen atoms in total. The van der Waals surface area contributed by atoms with E-state index in [-0.39, 0.29) is 34.3 Å². The van der Waals surface area contributed by atoms with E-state index in [9.17, 15) is 16.8 Å². The molecular weight excluding hydrogens is 428 g/mol. The highest BCUT2D eigenvalue weighted by Crippen LogP contribution is 2.31. The van der Waals surface area contributed by atoms with Gasteiger partial charge in [-0.25, -0.2) is 16.8 Å². The van der Waals surface area contributed by atoms with E-state index < -0.39 is 20.0 Å². The standard InChI is InChI=1S/C20H26N2O6S2/c1-4-28-20-8-7-18(30(25,26)22-9-11-27-12-10-22)14-19(20)21-29(23,24)17-6-5-15(2)16(3)13-17/h5-8,13-14,21H,4,9-12H2,1-3H3. The van der Waals surface area contributed by atoms with E-state index in [1.807, 2.05) is 13.8 Å². The molecule has 1 saturated heterocycles. The lowest BCUT2D eigenvalue weighted by atomic mass is 10.1. The van der Waals surface area contributed by atoms with Gasteiger partial charge in [0, 0.05) is 13.1 Å². The lowest BCUT2D eigenvalue weighted by Crippen LogP contribution is -2.40. The zero-order valence-corrected chi connectivity index (χ0v) is 18.8. The Hall–Kier alpha value is -2.14. The number of aryl methyl sites for hydroxylation is 2. The number of morpholine rings is 1. The van der Waals surface area contributed by atoms with Gasteiger partial charge in [-0.05, 0) is 62.2 Å². The Balaban J connectivity index is 1.99. The van der Waals surface area contributed by atoms with Crippen LogP contribution in [-0.2, 0) is 24.8 Å². The minimum absolute atomic E-state index is 0.00867. The summed E-state index contributed by atoms with van der Waals surface area (Å²) in [6.45, 7) is 6.93. The van der Waals surface area contributed by atoms with Crippen LogP contribution in [0.4, 0.5) is 5.69 Å². The second-order valence-corrected chi connectivity index (χ2v) is 10.6. The summed E-state index contributed by atoms with van der Waals surface area (Å²) in [4.78, 5) is 0.0835. The Labute approximate surface area is 177 Å². The van der Waals surface area contributed by atoms with Crippen molar-refractivity contribution in [2.75, 3.05) is 37.6 Å². The number of benzene rings is 2. The first kappa shape index (κ1) is 22.5. The molecule has 30 heavy (non-hydrogen) atoms. The maximum absolute atomic E-state index is 13.0. The molecule has 1 aliphatic rings. The summed E-state index contributed by atoms with van der Waals surface area (Å²) < 4.78 is 66.4. The number of nitrogens with one attached hydrogen (secondary N) is 1. The van der Waals surface area contributed by atoms with Gasteiger partial charge in [0.15, 0.2) is 0 Å². The first-order chi connectivity index (χ1) is 14.1. The maximum atomic E-state index is 13.0. The molecule has 3 rings (SSSR count). The van der Waals surface area contributed by atoms with Crippen molar-refractivity contribution in [1.29, 1.82) is 0 Å². The molecule has 2 aromatic rings. The highest BCUT2D eigenvalue weighted by atomic mass is 32.2. The number of rotatable bonds is 7. The Bertz CT molecular complexity index is 1120. The van der Waals surface area contributed by atoms with Gasteiger partial charge < -0.3 is 9.47 Å². The van der Waals surface area contributed by atoms with Crippen molar-refractivity contribution in [3.8, 4) is 5.75 Å². The summed E-state index contributed by atoms with van der Waals surface area (Å²) in [7, 11) is -7.72. The molecule has 0 atom stereocenters. The van der Waals surface area contributed by atoms with Crippen LogP contribution in [0.5, 0.6) is 5.75 Å². The van der Waals surface area contributed by atoms with E-state index in [1.165, 1.54) is 28.6 Å². The second kappa shape index (κ2) is 8.93. The van der Waals surface area contributed by atoms with E-state index in [1.54, 1.807) is 19.1 Å². The van der Waals surface area contributed by atoms with Crippen molar-refractivity contribution in [2.45, 2.75) is 30.6 Å². The third-order valence-corrected chi connectivity index (χ3v) is 8.15. The lowest BCUT2D eigenvalue weighted by molar-refractivity contribution is 0.0730. The molecule has 1 N–H and O–H groups in total. The molecule has 0 saturated carbocycles. The van der Waals surface area contributed by atoms with Crippen molar-refractivity contribution < 1.29 is 26.3 Å². The SMILES string of the molecule is CCOc1ccc(S(=O)(=O)N2CCOCC2)cc1NS(=O)(=O)c1ccc(C)c(C)c1. The quantitative estimate of drug-likeness (QED) is 0.690. The first-order valence-corrected chi connectivity index (χ1v) is 12.5. The van der Waals surface area contributed by atoms with Crippen LogP contribution in [0.15, 0.2) is 46.2 Å². The number of hydrogen-bond acceptors (Lipinski definition) is 6. The minimum atomic E-state index is -3.94. The van der Waals surface area contributed by atoms with Gasteiger partial charge in [-0.2, -0.15) is 4.31 Å². The Morgan fingerprint density at radius 3 is 2.27 bits per heavy atom. The molecule has 0 bridgehead atoms. The predicted octanol–water partition coefficient (Wildman–Crippen LogP) is 2.52. The number of anilines is 1. The topological polar surface area (TPSA) is 102 Å². The van der Waals surface area contributed by atoms with Crippen molar-refractivity contribution in [3.05, 3.63) is 47.5 Å². The van der Waals surface area contributed by atoms with Crippen LogP contribution in [0.1, 0.15) is 18.1 Å². The second-order valence-electron chi connectivity index (χ2n) is 6.96. The Kier molecular flexibility index (Phi) is 6.71. The van der Waals surface area contributed by atoms with Gasteiger partial charge in [0.25, 0.3) is 10.0 Å². The summed E-state index contributed by atoms with van der Waals surface area (Å²) in [6, 6.07) is 9.01. The molecule has 0 unspecified atom stereocenters. The number of ether oxygens (including phenoxy) is 2. The summed E-state index contributed by atoms with van der Waals surface area (Å²) in [6.07, 6.45) is 0. The van der Waals surface area contributed by atoms with Crippen molar-refractivity contribution >= 4 is 25.7 Å². The van der Waals surface area contributed by atoms with Gasteiger partial charge in [0.1, 0.15) is 5.75 Å². The van der Waals surface area contributed by atoms with Crippen LogP contribution in [0.2, 0.25) is 0 Å². The first-order valence-electron chi connectivity index (χ1n) is 9.60. The zero-order chi connectivity index (χ0) is 21.9. The summed E-state index contributed by atoms with van der Waals surface area (Å²) in [5, 5.41) is 0. The smallest absolute Gasteiger partial charge is 0.262 e. The van der Waals surface area contributed by atoms with Gasteiger partial charge in [-0.1, -0.05) is 6.07 Å². The Morgan fingerprint density at radius 1 is 0.967 bits per heavy atom. The Morgan fingerprint density at radius 2 is 1.63 bits per heavy atom. The van der Waals surface area contributed by atoms with Crippen LogP contribution in [0.25, 0.3) is 0 Å². The van der Waals surface area contributed by atoms with E-state index >= 15 is 0 Å². The van der Waals surface area contributed by atoms with E-state index in [0.29, 0.717) is 19.8 Å². The molecule has 0 spiro atoms. The molecule has 2 aromatic carbocycles. The largest absolute Gasteiger partial charge is 0.492 e. The predicted molar refractivity (Wildman–Crippen MR) is 114 cm³/mol.